The normalized spacial score (nSPS) is 15.3. The van der Waals surface area contributed by atoms with E-state index in [1.165, 1.54) is 137 Å². The summed E-state index contributed by atoms with van der Waals surface area (Å²) in [5.41, 5.74) is 20.6. The highest BCUT2D eigenvalue weighted by atomic mass is 32.2. The Bertz CT molecular complexity index is 3160. The van der Waals surface area contributed by atoms with E-state index in [1.807, 2.05) is 11.8 Å². The van der Waals surface area contributed by atoms with Gasteiger partial charge < -0.3 is 9.47 Å². The molecule has 2 aliphatic heterocycles. The Morgan fingerprint density at radius 3 is 2.00 bits per heavy atom. The molecular weight excluding hydrogens is 780 g/mol. The number of nitrogens with zero attached hydrogens (tertiary/aromatic N) is 2. The van der Waals surface area contributed by atoms with Crippen LogP contribution in [0.4, 0.5) is 17.1 Å². The summed E-state index contributed by atoms with van der Waals surface area (Å²) >= 11 is 1.94. The van der Waals surface area contributed by atoms with Crippen molar-refractivity contribution in [3.05, 3.63) is 193 Å². The van der Waals surface area contributed by atoms with Crippen LogP contribution in [0.5, 0.6) is 0 Å². The van der Waals surface area contributed by atoms with Crippen molar-refractivity contribution < 1.29 is 0 Å². The fourth-order valence-electron chi connectivity index (χ4n) is 11.7. The van der Waals surface area contributed by atoms with Crippen LogP contribution in [0, 0.1) is 0 Å². The Balaban J connectivity index is 1.18. The maximum absolute atomic E-state index is 2.66. The van der Waals surface area contributed by atoms with E-state index in [0.717, 1.165) is 5.75 Å². The molecule has 1 saturated carbocycles. The topological polar surface area (TPSA) is 8.17 Å². The van der Waals surface area contributed by atoms with Gasteiger partial charge >= 0.3 is 0 Å². The first-order valence-electron chi connectivity index (χ1n) is 23.1. The standard InChI is InChI=1S/C59H51BN2S/c1-4-63-44-32-35-51-50(38-44)59(2,3)49-27-17-29-54-57(49)60(51)52-34-31-43(61-53-28-15-14-24-47(53)48-33-30-42(36-55(48)61)39-18-8-5-9-19-39)37-56(52)62(54)58-45(40-20-10-6-11-21-40)25-16-26-46(58)41-22-12-7-13-23-41/h6-7,10-17,20-39H,4-5,8-9,18-19H2,1-3H3. The van der Waals surface area contributed by atoms with E-state index < -0.39 is 0 Å². The quantitative estimate of drug-likeness (QED) is 0.117. The molecule has 0 unspecified atom stereocenters. The van der Waals surface area contributed by atoms with E-state index >= 15 is 0 Å². The predicted octanol–water partition coefficient (Wildman–Crippen LogP) is 14.2. The van der Waals surface area contributed by atoms with Gasteiger partial charge in [0, 0.05) is 49.3 Å². The monoisotopic (exact) mass is 830 g/mol. The van der Waals surface area contributed by atoms with E-state index in [4.69, 9.17) is 0 Å². The van der Waals surface area contributed by atoms with Crippen molar-refractivity contribution in [1.82, 2.24) is 4.57 Å². The van der Waals surface area contributed by atoms with E-state index in [-0.39, 0.29) is 12.1 Å². The van der Waals surface area contributed by atoms with Crippen LogP contribution < -0.4 is 21.3 Å². The first-order valence-corrected chi connectivity index (χ1v) is 24.1. The number of anilines is 3. The summed E-state index contributed by atoms with van der Waals surface area (Å²) in [4.78, 5) is 4.00. The molecule has 306 valence electrons. The summed E-state index contributed by atoms with van der Waals surface area (Å²) in [5.74, 6) is 1.68. The first-order chi connectivity index (χ1) is 31.0. The second-order valence-electron chi connectivity index (χ2n) is 18.5. The van der Waals surface area contributed by atoms with Gasteiger partial charge in [-0.15, -0.1) is 11.8 Å². The highest BCUT2D eigenvalue weighted by Crippen LogP contribution is 2.50. The van der Waals surface area contributed by atoms with Gasteiger partial charge in [0.1, 0.15) is 0 Å². The minimum absolute atomic E-state index is 0.0836. The van der Waals surface area contributed by atoms with Gasteiger partial charge in [-0.2, -0.15) is 0 Å². The van der Waals surface area contributed by atoms with Gasteiger partial charge in [-0.05, 0) is 106 Å². The van der Waals surface area contributed by atoms with Crippen LogP contribution in [0.2, 0.25) is 0 Å². The van der Waals surface area contributed by atoms with Gasteiger partial charge in [-0.3, -0.25) is 0 Å². The summed E-state index contributed by atoms with van der Waals surface area (Å²) in [7, 11) is 0. The van der Waals surface area contributed by atoms with Crippen molar-refractivity contribution in [1.29, 1.82) is 0 Å². The summed E-state index contributed by atoms with van der Waals surface area (Å²) in [6.45, 7) is 7.22. The number of aromatic nitrogens is 1. The Morgan fingerprint density at radius 1 is 0.571 bits per heavy atom. The second-order valence-corrected chi connectivity index (χ2v) is 19.8. The van der Waals surface area contributed by atoms with Crippen molar-refractivity contribution in [2.24, 2.45) is 0 Å². The number of benzene rings is 8. The van der Waals surface area contributed by atoms with Crippen LogP contribution >= 0.6 is 11.8 Å². The first kappa shape index (κ1) is 38.5. The van der Waals surface area contributed by atoms with Crippen LogP contribution in [0.1, 0.15) is 75.5 Å². The summed E-state index contributed by atoms with van der Waals surface area (Å²) < 4.78 is 2.56. The van der Waals surface area contributed by atoms with Crippen molar-refractivity contribution in [3.63, 3.8) is 0 Å². The van der Waals surface area contributed by atoms with E-state index in [2.05, 4.69) is 206 Å². The van der Waals surface area contributed by atoms with Crippen LogP contribution in [0.15, 0.2) is 181 Å². The highest BCUT2D eigenvalue weighted by molar-refractivity contribution is 7.99. The fourth-order valence-corrected chi connectivity index (χ4v) is 12.4. The zero-order valence-corrected chi connectivity index (χ0v) is 37.3. The summed E-state index contributed by atoms with van der Waals surface area (Å²) in [6, 6.07) is 67.2. The van der Waals surface area contributed by atoms with E-state index in [0.29, 0.717) is 5.92 Å². The Morgan fingerprint density at radius 2 is 1.25 bits per heavy atom. The van der Waals surface area contributed by atoms with Crippen molar-refractivity contribution in [3.8, 4) is 27.9 Å². The van der Waals surface area contributed by atoms with E-state index in [9.17, 15) is 0 Å². The van der Waals surface area contributed by atoms with Crippen LogP contribution in [-0.2, 0) is 5.41 Å². The number of rotatable bonds is 7. The zero-order valence-electron chi connectivity index (χ0n) is 36.4. The molecular formula is C59H51BN2S. The lowest BCUT2D eigenvalue weighted by atomic mass is 9.30. The molecule has 4 heteroatoms. The maximum atomic E-state index is 2.66. The molecule has 0 N–H and O–H groups in total. The third-order valence-electron chi connectivity index (χ3n) is 14.6. The van der Waals surface area contributed by atoms with E-state index in [1.54, 1.807) is 0 Å². The van der Waals surface area contributed by atoms with Gasteiger partial charge in [-0.1, -0.05) is 179 Å². The zero-order chi connectivity index (χ0) is 42.2. The molecule has 63 heavy (non-hydrogen) atoms. The average molecular weight is 831 g/mol. The third-order valence-corrected chi connectivity index (χ3v) is 15.5. The molecule has 9 aromatic rings. The molecule has 2 nitrogen and oxygen atoms in total. The molecule has 0 amide bonds. The SMILES string of the molecule is CCSc1ccc2c(c1)C(C)(C)c1cccc3c1B2c1ccc(-n2c4ccccc4c4ccc(C5CCCCC5)cc42)cc1N3c1c(-c2ccccc2)cccc1-c1ccccc1. The molecule has 12 rings (SSSR count). The minimum Gasteiger partial charge on any atom is -0.310 e. The van der Waals surface area contributed by atoms with Gasteiger partial charge in [0.05, 0.1) is 16.7 Å². The van der Waals surface area contributed by atoms with Crippen LogP contribution in [-0.4, -0.2) is 17.0 Å². The molecule has 0 bridgehead atoms. The summed E-state index contributed by atoms with van der Waals surface area (Å²) in [6.07, 6.45) is 6.57. The lowest BCUT2D eigenvalue weighted by molar-refractivity contribution is 0.444. The van der Waals surface area contributed by atoms with Crippen LogP contribution in [0.3, 0.4) is 0 Å². The molecule has 8 aromatic carbocycles. The Labute approximate surface area is 376 Å². The lowest BCUT2D eigenvalue weighted by Crippen LogP contribution is -2.64. The molecule has 0 atom stereocenters. The average Bonchev–Trinajstić information content (AvgIpc) is 3.67. The molecule has 3 heterocycles. The number of hydrogen-bond donors (Lipinski definition) is 0. The molecule has 1 aromatic heterocycles. The molecule has 3 aliphatic rings. The second kappa shape index (κ2) is 15.2. The van der Waals surface area contributed by atoms with Gasteiger partial charge in [0.15, 0.2) is 0 Å². The Hall–Kier alpha value is -6.23. The Kier molecular flexibility index (Phi) is 9.30. The summed E-state index contributed by atoms with van der Waals surface area (Å²) in [5, 5.41) is 2.62. The smallest absolute Gasteiger partial charge is 0.247 e. The number of para-hydroxylation sites is 2. The van der Waals surface area contributed by atoms with Crippen LogP contribution in [0.25, 0.3) is 49.7 Å². The molecule has 0 radical (unpaired) electrons. The largest absolute Gasteiger partial charge is 0.310 e. The minimum atomic E-state index is -0.190. The number of hydrogen-bond acceptors (Lipinski definition) is 2. The third kappa shape index (κ3) is 6.09. The number of thioether (sulfide) groups is 1. The van der Waals surface area contributed by atoms with Crippen molar-refractivity contribution >= 4 is 73.7 Å². The fraction of sp³-hybridized carbons (Fsp3) is 0.186. The number of fused-ring (bicyclic) bond motifs is 7. The van der Waals surface area contributed by atoms with Gasteiger partial charge in [0.25, 0.3) is 0 Å². The molecule has 0 saturated heterocycles. The lowest BCUT2D eigenvalue weighted by Gasteiger charge is -2.46. The van der Waals surface area contributed by atoms with Gasteiger partial charge in [0.2, 0.25) is 6.71 Å². The predicted molar refractivity (Wildman–Crippen MR) is 272 cm³/mol. The van der Waals surface area contributed by atoms with Gasteiger partial charge in [-0.25, -0.2) is 0 Å². The van der Waals surface area contributed by atoms with Crippen molar-refractivity contribution in [2.45, 2.75) is 69.1 Å². The molecule has 1 aliphatic carbocycles. The molecule has 0 spiro atoms. The maximum Gasteiger partial charge on any atom is 0.247 e. The highest BCUT2D eigenvalue weighted by Gasteiger charge is 2.46. The molecule has 1 fully saturated rings. The van der Waals surface area contributed by atoms with Crippen molar-refractivity contribution in [2.75, 3.05) is 10.7 Å².